The van der Waals surface area contributed by atoms with Crippen LogP contribution < -0.4 is 14.8 Å². The van der Waals surface area contributed by atoms with Gasteiger partial charge >= 0.3 is 5.97 Å². The highest BCUT2D eigenvalue weighted by Gasteiger charge is 2.15. The monoisotopic (exact) mass is 492 g/mol. The van der Waals surface area contributed by atoms with Gasteiger partial charge in [0.1, 0.15) is 11.5 Å². The number of rotatable bonds is 11. The standard InChI is InChI=1S/C22H25BrN2O6/c1-25(14-20(26)24-17-7-4-8-18(13-17)29-2)21(27)15-31-22(28)10-5-11-30-19-9-3-6-16(23)12-19/h3-4,6-9,12-13H,5,10-11,14-15H2,1-2H3,(H,24,26). The predicted octanol–water partition coefficient (Wildman–Crippen LogP) is 3.26. The third-order valence-corrected chi connectivity index (χ3v) is 4.60. The Balaban J connectivity index is 1.63. The van der Waals surface area contributed by atoms with E-state index in [4.69, 9.17) is 14.2 Å². The molecule has 0 bridgehead atoms. The largest absolute Gasteiger partial charge is 0.497 e. The zero-order valence-electron chi connectivity index (χ0n) is 17.4. The first kappa shape index (κ1) is 24.2. The van der Waals surface area contributed by atoms with Crippen LogP contribution in [-0.2, 0) is 19.1 Å². The molecule has 0 aliphatic carbocycles. The number of esters is 1. The molecule has 0 saturated heterocycles. The maximum atomic E-state index is 12.1. The summed E-state index contributed by atoms with van der Waals surface area (Å²) in [6.45, 7) is -0.244. The van der Waals surface area contributed by atoms with Gasteiger partial charge in [-0.25, -0.2) is 0 Å². The van der Waals surface area contributed by atoms with Crippen LogP contribution in [0.3, 0.4) is 0 Å². The Labute approximate surface area is 189 Å². The summed E-state index contributed by atoms with van der Waals surface area (Å²) in [4.78, 5) is 37.2. The molecule has 166 valence electrons. The average molecular weight is 493 g/mol. The molecule has 0 unspecified atom stereocenters. The van der Waals surface area contributed by atoms with Gasteiger partial charge in [-0.1, -0.05) is 28.1 Å². The highest BCUT2D eigenvalue weighted by Crippen LogP contribution is 2.18. The van der Waals surface area contributed by atoms with Crippen LogP contribution in [0, 0.1) is 0 Å². The molecule has 0 heterocycles. The summed E-state index contributed by atoms with van der Waals surface area (Å²) >= 11 is 3.36. The second-order valence-electron chi connectivity index (χ2n) is 6.60. The van der Waals surface area contributed by atoms with Crippen molar-refractivity contribution in [2.45, 2.75) is 12.8 Å². The minimum atomic E-state index is -0.500. The molecule has 0 spiro atoms. The zero-order chi connectivity index (χ0) is 22.6. The molecular formula is C22H25BrN2O6. The first-order valence-corrected chi connectivity index (χ1v) is 10.4. The van der Waals surface area contributed by atoms with Crippen LogP contribution in [0.4, 0.5) is 5.69 Å². The fraction of sp³-hybridized carbons (Fsp3) is 0.318. The normalized spacial score (nSPS) is 10.2. The van der Waals surface area contributed by atoms with Crippen molar-refractivity contribution in [3.8, 4) is 11.5 Å². The number of hydrogen-bond acceptors (Lipinski definition) is 6. The van der Waals surface area contributed by atoms with E-state index < -0.39 is 18.5 Å². The molecule has 8 nitrogen and oxygen atoms in total. The van der Waals surface area contributed by atoms with Crippen molar-refractivity contribution in [3.63, 3.8) is 0 Å². The van der Waals surface area contributed by atoms with Crippen molar-refractivity contribution in [2.24, 2.45) is 0 Å². The van der Waals surface area contributed by atoms with Crippen molar-refractivity contribution >= 4 is 39.4 Å². The summed E-state index contributed by atoms with van der Waals surface area (Å²) in [6.07, 6.45) is 0.583. The lowest BCUT2D eigenvalue weighted by Crippen LogP contribution is -2.37. The summed E-state index contributed by atoms with van der Waals surface area (Å²) in [5, 5.41) is 2.68. The molecule has 0 aliphatic heterocycles. The van der Waals surface area contributed by atoms with Gasteiger partial charge in [0.2, 0.25) is 5.91 Å². The summed E-state index contributed by atoms with van der Waals surface area (Å²) < 4.78 is 16.5. The number of amides is 2. The van der Waals surface area contributed by atoms with Crippen LogP contribution in [0.25, 0.3) is 0 Å². The molecule has 0 atom stereocenters. The lowest BCUT2D eigenvalue weighted by atomic mass is 10.3. The molecule has 2 amide bonds. The Morgan fingerprint density at radius 3 is 2.55 bits per heavy atom. The van der Waals surface area contributed by atoms with Gasteiger partial charge in [0.05, 0.1) is 20.3 Å². The topological polar surface area (TPSA) is 94.2 Å². The van der Waals surface area contributed by atoms with Crippen LogP contribution >= 0.6 is 15.9 Å². The molecule has 2 rings (SSSR count). The second-order valence-corrected chi connectivity index (χ2v) is 7.52. The number of benzene rings is 2. The van der Waals surface area contributed by atoms with E-state index in [1.807, 2.05) is 24.3 Å². The molecule has 0 radical (unpaired) electrons. The highest BCUT2D eigenvalue weighted by atomic mass is 79.9. The van der Waals surface area contributed by atoms with E-state index >= 15 is 0 Å². The van der Waals surface area contributed by atoms with Crippen molar-refractivity contribution in [2.75, 3.05) is 39.2 Å². The van der Waals surface area contributed by atoms with Gasteiger partial charge < -0.3 is 24.4 Å². The number of anilines is 1. The maximum absolute atomic E-state index is 12.1. The van der Waals surface area contributed by atoms with Gasteiger partial charge in [-0.3, -0.25) is 14.4 Å². The average Bonchev–Trinajstić information content (AvgIpc) is 2.75. The number of nitrogens with one attached hydrogen (secondary N) is 1. The maximum Gasteiger partial charge on any atom is 0.306 e. The second kappa shape index (κ2) is 12.6. The lowest BCUT2D eigenvalue weighted by Gasteiger charge is -2.17. The van der Waals surface area contributed by atoms with Gasteiger partial charge in [-0.05, 0) is 36.8 Å². The molecule has 9 heteroatoms. The van der Waals surface area contributed by atoms with Crippen LogP contribution in [0.1, 0.15) is 12.8 Å². The third-order valence-electron chi connectivity index (χ3n) is 4.11. The summed E-state index contributed by atoms with van der Waals surface area (Å²) in [7, 11) is 3.00. The highest BCUT2D eigenvalue weighted by molar-refractivity contribution is 9.10. The Hall–Kier alpha value is -3.07. The molecule has 0 aromatic heterocycles. The number of hydrogen-bond donors (Lipinski definition) is 1. The first-order chi connectivity index (χ1) is 14.9. The molecule has 0 saturated carbocycles. The van der Waals surface area contributed by atoms with Crippen molar-refractivity contribution in [3.05, 3.63) is 53.0 Å². The minimum absolute atomic E-state index is 0.126. The SMILES string of the molecule is COc1cccc(NC(=O)CN(C)C(=O)COC(=O)CCCOc2cccc(Br)c2)c1. The van der Waals surface area contributed by atoms with Gasteiger partial charge in [-0.2, -0.15) is 0 Å². The molecule has 0 fully saturated rings. The number of nitrogens with zero attached hydrogens (tertiary/aromatic N) is 1. The summed E-state index contributed by atoms with van der Waals surface area (Å²) in [5.74, 6) is -0.0389. The number of ether oxygens (including phenoxy) is 3. The van der Waals surface area contributed by atoms with Gasteiger partial charge in [0, 0.05) is 29.7 Å². The number of carbonyl (C=O) groups is 3. The first-order valence-electron chi connectivity index (χ1n) is 9.59. The van der Waals surface area contributed by atoms with E-state index in [-0.39, 0.29) is 18.9 Å². The fourth-order valence-corrected chi connectivity index (χ4v) is 2.87. The summed E-state index contributed by atoms with van der Waals surface area (Å²) in [6, 6.07) is 14.3. The van der Waals surface area contributed by atoms with Crippen LogP contribution in [0.5, 0.6) is 11.5 Å². The molecule has 1 N–H and O–H groups in total. The third kappa shape index (κ3) is 9.08. The lowest BCUT2D eigenvalue weighted by molar-refractivity contribution is -0.152. The Morgan fingerprint density at radius 1 is 1.06 bits per heavy atom. The van der Waals surface area contributed by atoms with E-state index in [0.717, 1.165) is 4.47 Å². The Bertz CT molecular complexity index is 905. The molecule has 2 aromatic carbocycles. The van der Waals surface area contributed by atoms with Crippen LogP contribution in [0.2, 0.25) is 0 Å². The van der Waals surface area contributed by atoms with E-state index in [9.17, 15) is 14.4 Å². The Kier molecular flexibility index (Phi) is 9.83. The fourth-order valence-electron chi connectivity index (χ4n) is 2.49. The van der Waals surface area contributed by atoms with E-state index in [2.05, 4.69) is 21.2 Å². The van der Waals surface area contributed by atoms with Gasteiger partial charge in [0.25, 0.3) is 5.91 Å². The van der Waals surface area contributed by atoms with Crippen LogP contribution in [-0.4, -0.2) is 56.6 Å². The number of likely N-dealkylation sites (N-methyl/N-ethyl adjacent to an activating group) is 1. The molecule has 31 heavy (non-hydrogen) atoms. The molecular weight excluding hydrogens is 468 g/mol. The van der Waals surface area contributed by atoms with E-state index in [0.29, 0.717) is 30.2 Å². The smallest absolute Gasteiger partial charge is 0.306 e. The van der Waals surface area contributed by atoms with Crippen molar-refractivity contribution in [1.82, 2.24) is 4.90 Å². The minimum Gasteiger partial charge on any atom is -0.497 e. The molecule has 0 aliphatic rings. The number of halogens is 1. The number of carbonyl (C=O) groups excluding carboxylic acids is 3. The Morgan fingerprint density at radius 2 is 1.81 bits per heavy atom. The number of methoxy groups -OCH3 is 1. The zero-order valence-corrected chi connectivity index (χ0v) is 19.0. The predicted molar refractivity (Wildman–Crippen MR) is 119 cm³/mol. The van der Waals surface area contributed by atoms with Gasteiger partial charge in [-0.15, -0.1) is 0 Å². The van der Waals surface area contributed by atoms with E-state index in [1.54, 1.807) is 24.3 Å². The van der Waals surface area contributed by atoms with Crippen molar-refractivity contribution in [1.29, 1.82) is 0 Å². The quantitative estimate of drug-likeness (QED) is 0.382. The van der Waals surface area contributed by atoms with Crippen LogP contribution in [0.15, 0.2) is 53.0 Å². The molecule has 2 aromatic rings. The van der Waals surface area contributed by atoms with Gasteiger partial charge in [0.15, 0.2) is 6.61 Å². The van der Waals surface area contributed by atoms with E-state index in [1.165, 1.54) is 19.1 Å². The van der Waals surface area contributed by atoms with Crippen molar-refractivity contribution < 1.29 is 28.6 Å². The summed E-state index contributed by atoms with van der Waals surface area (Å²) in [5.41, 5.74) is 0.557.